The van der Waals surface area contributed by atoms with E-state index in [2.05, 4.69) is 5.32 Å². The first-order valence-corrected chi connectivity index (χ1v) is 10.2. The summed E-state index contributed by atoms with van der Waals surface area (Å²) in [6.45, 7) is 14.7. The molecule has 0 unspecified atom stereocenters. The van der Waals surface area contributed by atoms with E-state index in [4.69, 9.17) is 14.2 Å². The summed E-state index contributed by atoms with van der Waals surface area (Å²) in [5.74, 6) is 0.306. The van der Waals surface area contributed by atoms with Crippen molar-refractivity contribution in [2.45, 2.75) is 60.4 Å². The second-order valence-corrected chi connectivity index (χ2v) is 9.67. The van der Waals surface area contributed by atoms with Crippen LogP contribution in [0.5, 0.6) is 5.75 Å². The summed E-state index contributed by atoms with van der Waals surface area (Å²) in [6.07, 6.45) is 0.891. The lowest BCUT2D eigenvalue weighted by molar-refractivity contribution is -0.147. The molecule has 0 bridgehead atoms. The van der Waals surface area contributed by atoms with Crippen LogP contribution in [0.2, 0.25) is 0 Å². The van der Waals surface area contributed by atoms with Crippen molar-refractivity contribution in [2.24, 2.45) is 10.8 Å². The van der Waals surface area contributed by atoms with E-state index in [9.17, 15) is 9.59 Å². The van der Waals surface area contributed by atoms with Crippen molar-refractivity contribution in [3.05, 3.63) is 30.3 Å². The molecule has 2 rings (SSSR count). The van der Waals surface area contributed by atoms with Crippen LogP contribution >= 0.6 is 0 Å². The Kier molecular flexibility index (Phi) is 10.3. The van der Waals surface area contributed by atoms with Gasteiger partial charge in [0.05, 0.1) is 32.1 Å². The SMILES string of the molecule is CC(C)(C)CC(=O)OC[C@@H]1COCCN1.CC(C)(C)CC(=O)Oc1ccccc1. The van der Waals surface area contributed by atoms with Crippen LogP contribution in [0.4, 0.5) is 0 Å². The fourth-order valence-corrected chi connectivity index (χ4v) is 2.49. The van der Waals surface area contributed by atoms with E-state index in [-0.39, 0.29) is 28.8 Å². The smallest absolute Gasteiger partial charge is 0.311 e. The van der Waals surface area contributed by atoms with E-state index in [1.165, 1.54) is 0 Å². The minimum absolute atomic E-state index is 0.00637. The lowest BCUT2D eigenvalue weighted by Crippen LogP contribution is -2.44. The Morgan fingerprint density at radius 2 is 1.59 bits per heavy atom. The van der Waals surface area contributed by atoms with Gasteiger partial charge in [-0.2, -0.15) is 0 Å². The Hall–Kier alpha value is -1.92. The van der Waals surface area contributed by atoms with Crippen LogP contribution in [0.25, 0.3) is 0 Å². The maximum absolute atomic E-state index is 11.4. The summed E-state index contributed by atoms with van der Waals surface area (Å²) in [5, 5.41) is 3.24. The van der Waals surface area contributed by atoms with Gasteiger partial charge in [0, 0.05) is 6.54 Å². The van der Waals surface area contributed by atoms with Crippen molar-refractivity contribution in [3.63, 3.8) is 0 Å². The van der Waals surface area contributed by atoms with Crippen LogP contribution < -0.4 is 10.1 Å². The number of carbonyl (C=O) groups is 2. The number of nitrogens with one attached hydrogen (secondary N) is 1. The molecule has 0 radical (unpaired) electrons. The van der Waals surface area contributed by atoms with Crippen LogP contribution in [0.15, 0.2) is 30.3 Å². The minimum Gasteiger partial charge on any atom is -0.464 e. The number of benzene rings is 1. The molecule has 1 aliphatic heterocycles. The van der Waals surface area contributed by atoms with E-state index in [0.717, 1.165) is 13.2 Å². The Balaban J connectivity index is 0.000000291. The van der Waals surface area contributed by atoms with Gasteiger partial charge in [-0.3, -0.25) is 9.59 Å². The standard InChI is InChI=1S/C12H16O2.C11H21NO3/c1-12(2,3)9-11(13)14-10-7-5-4-6-8-10;1-11(2,3)6-10(13)15-8-9-7-14-5-4-12-9/h4-8H,9H2,1-3H3;9,12H,4-8H2,1-3H3/t;9-/m.0/s1. The zero-order valence-electron chi connectivity index (χ0n) is 18.7. The highest BCUT2D eigenvalue weighted by Gasteiger charge is 2.20. The van der Waals surface area contributed by atoms with Crippen LogP contribution in [0, 0.1) is 10.8 Å². The van der Waals surface area contributed by atoms with Crippen molar-refractivity contribution in [1.82, 2.24) is 5.32 Å². The first-order valence-electron chi connectivity index (χ1n) is 10.2. The van der Waals surface area contributed by atoms with Gasteiger partial charge in [-0.25, -0.2) is 0 Å². The molecule has 1 N–H and O–H groups in total. The highest BCUT2D eigenvalue weighted by Crippen LogP contribution is 2.20. The van der Waals surface area contributed by atoms with E-state index in [1.54, 1.807) is 12.1 Å². The monoisotopic (exact) mass is 407 g/mol. The van der Waals surface area contributed by atoms with Gasteiger partial charge >= 0.3 is 11.9 Å². The molecule has 1 aromatic rings. The fraction of sp³-hybridized carbons (Fsp3) is 0.652. The number of rotatable bonds is 5. The third-order valence-electron chi connectivity index (χ3n) is 3.77. The molecule has 6 nitrogen and oxygen atoms in total. The Labute approximate surface area is 175 Å². The number of hydrogen-bond donors (Lipinski definition) is 1. The number of morpholine rings is 1. The molecule has 1 aromatic carbocycles. The molecule has 164 valence electrons. The molecule has 0 spiro atoms. The van der Waals surface area contributed by atoms with Crippen molar-refractivity contribution >= 4 is 11.9 Å². The molecule has 1 saturated heterocycles. The summed E-state index contributed by atoms with van der Waals surface area (Å²) < 4.78 is 15.6. The molecule has 0 saturated carbocycles. The number of hydrogen-bond acceptors (Lipinski definition) is 6. The Bertz CT molecular complexity index is 610. The first kappa shape index (κ1) is 25.1. The topological polar surface area (TPSA) is 73.9 Å². The molecule has 1 fully saturated rings. The van der Waals surface area contributed by atoms with Gasteiger partial charge in [0.1, 0.15) is 12.4 Å². The van der Waals surface area contributed by atoms with Crippen LogP contribution in [0.3, 0.4) is 0 Å². The molecule has 29 heavy (non-hydrogen) atoms. The van der Waals surface area contributed by atoms with E-state index < -0.39 is 0 Å². The predicted molar refractivity (Wildman–Crippen MR) is 114 cm³/mol. The van der Waals surface area contributed by atoms with Crippen molar-refractivity contribution < 1.29 is 23.8 Å². The lowest BCUT2D eigenvalue weighted by atomic mass is 9.92. The van der Waals surface area contributed by atoms with Crippen molar-refractivity contribution in [1.29, 1.82) is 0 Å². The average molecular weight is 408 g/mol. The van der Waals surface area contributed by atoms with Gasteiger partial charge in [-0.1, -0.05) is 59.7 Å². The second-order valence-electron chi connectivity index (χ2n) is 9.67. The van der Waals surface area contributed by atoms with E-state index in [0.29, 0.717) is 31.8 Å². The lowest BCUT2D eigenvalue weighted by Gasteiger charge is -2.24. The summed E-state index contributed by atoms with van der Waals surface area (Å²) in [5.41, 5.74) is -0.0283. The highest BCUT2D eigenvalue weighted by molar-refractivity contribution is 5.73. The number of ether oxygens (including phenoxy) is 3. The van der Waals surface area contributed by atoms with Gasteiger partial charge < -0.3 is 19.5 Å². The molecule has 0 aliphatic carbocycles. The second kappa shape index (κ2) is 11.9. The number of carbonyl (C=O) groups excluding carboxylic acids is 2. The molecule has 1 heterocycles. The molecule has 1 atom stereocenters. The van der Waals surface area contributed by atoms with Gasteiger partial charge in [-0.15, -0.1) is 0 Å². The zero-order chi connectivity index (χ0) is 21.9. The van der Waals surface area contributed by atoms with Crippen LogP contribution in [-0.4, -0.2) is 44.3 Å². The van der Waals surface area contributed by atoms with Gasteiger partial charge in [0.15, 0.2) is 0 Å². The minimum atomic E-state index is -0.177. The van der Waals surface area contributed by atoms with E-state index in [1.807, 2.05) is 59.7 Å². The average Bonchev–Trinajstić information content (AvgIpc) is 2.59. The maximum atomic E-state index is 11.4. The van der Waals surface area contributed by atoms with Crippen LogP contribution in [-0.2, 0) is 19.1 Å². The molecule has 6 heteroatoms. The molecular weight excluding hydrogens is 370 g/mol. The summed E-state index contributed by atoms with van der Waals surface area (Å²) in [6, 6.07) is 9.30. The van der Waals surface area contributed by atoms with Gasteiger partial charge in [0.25, 0.3) is 0 Å². The third-order valence-corrected chi connectivity index (χ3v) is 3.77. The predicted octanol–water partition coefficient (Wildman–Crippen LogP) is 3.98. The molecule has 0 amide bonds. The highest BCUT2D eigenvalue weighted by atomic mass is 16.5. The fourth-order valence-electron chi connectivity index (χ4n) is 2.49. The summed E-state index contributed by atoms with van der Waals surface area (Å²) in [7, 11) is 0. The van der Waals surface area contributed by atoms with Crippen LogP contribution in [0.1, 0.15) is 54.4 Å². The first-order chi connectivity index (χ1) is 13.4. The van der Waals surface area contributed by atoms with Crippen molar-refractivity contribution in [3.8, 4) is 5.75 Å². The third kappa shape index (κ3) is 13.8. The molecule has 1 aliphatic rings. The number of esters is 2. The van der Waals surface area contributed by atoms with E-state index >= 15 is 0 Å². The Morgan fingerprint density at radius 1 is 1.00 bits per heavy atom. The summed E-state index contributed by atoms with van der Waals surface area (Å²) in [4.78, 5) is 22.8. The maximum Gasteiger partial charge on any atom is 0.311 e. The van der Waals surface area contributed by atoms with Gasteiger partial charge in [-0.05, 0) is 23.0 Å². The molecule has 0 aromatic heterocycles. The van der Waals surface area contributed by atoms with Crippen molar-refractivity contribution in [2.75, 3.05) is 26.4 Å². The zero-order valence-corrected chi connectivity index (χ0v) is 18.7. The van der Waals surface area contributed by atoms with Gasteiger partial charge in [0.2, 0.25) is 0 Å². The Morgan fingerprint density at radius 3 is 2.10 bits per heavy atom. The summed E-state index contributed by atoms with van der Waals surface area (Å²) >= 11 is 0. The molecular formula is C23H37NO5. The normalized spacial score (nSPS) is 17.0. The quantitative estimate of drug-likeness (QED) is 0.588. The number of para-hydroxylation sites is 1. The largest absolute Gasteiger partial charge is 0.464 e.